The van der Waals surface area contributed by atoms with Crippen molar-refractivity contribution >= 4 is 25.7 Å². The Morgan fingerprint density at radius 3 is 2.24 bits per heavy atom. The number of nitrogens with two attached hydrogens (primary N) is 1. The van der Waals surface area contributed by atoms with Gasteiger partial charge in [-0.25, -0.2) is 25.5 Å². The molecule has 0 saturated carbocycles. The smallest absolute Gasteiger partial charge is 0.242 e. The van der Waals surface area contributed by atoms with Crippen molar-refractivity contribution in [3.8, 4) is 0 Å². The molecule has 0 saturated heterocycles. The van der Waals surface area contributed by atoms with Gasteiger partial charge in [0.25, 0.3) is 0 Å². The Labute approximate surface area is 149 Å². The molecule has 1 aromatic carbocycles. The fraction of sp³-hybridized carbons (Fsp3) is 0.600. The number of benzene rings is 1. The Bertz CT molecular complexity index is 821. The van der Waals surface area contributed by atoms with E-state index in [0.29, 0.717) is 0 Å². The molecule has 1 aromatic rings. The van der Waals surface area contributed by atoms with Crippen LogP contribution in [-0.4, -0.2) is 46.5 Å². The van der Waals surface area contributed by atoms with Crippen molar-refractivity contribution in [3.63, 3.8) is 0 Å². The normalized spacial score (nSPS) is 13.5. The van der Waals surface area contributed by atoms with Gasteiger partial charge in [0, 0.05) is 13.6 Å². The number of hydrogen-bond donors (Lipinski definition) is 2. The second-order valence-corrected chi connectivity index (χ2v) is 11.2. The van der Waals surface area contributed by atoms with Crippen molar-refractivity contribution in [2.75, 3.05) is 24.9 Å². The van der Waals surface area contributed by atoms with E-state index in [1.165, 1.54) is 27.0 Å². The number of anilines is 1. The van der Waals surface area contributed by atoms with E-state index in [9.17, 15) is 21.2 Å². The molecule has 0 aliphatic carbocycles. The molecule has 0 aromatic heterocycles. The minimum atomic E-state index is -3.92. The third-order valence-electron chi connectivity index (χ3n) is 3.72. The molecule has 0 spiro atoms. The molecular formula is C15H26FN3O4S2. The van der Waals surface area contributed by atoms with Gasteiger partial charge < -0.3 is 5.73 Å². The summed E-state index contributed by atoms with van der Waals surface area (Å²) in [6, 6.07) is 3.08. The molecule has 0 aliphatic rings. The zero-order valence-corrected chi connectivity index (χ0v) is 16.7. The number of nitrogens with one attached hydrogen (secondary N) is 1. The second kappa shape index (κ2) is 7.56. The molecule has 144 valence electrons. The average molecular weight is 396 g/mol. The van der Waals surface area contributed by atoms with Gasteiger partial charge in [-0.15, -0.1) is 0 Å². The van der Waals surface area contributed by atoms with Crippen LogP contribution in [0.25, 0.3) is 0 Å². The number of rotatable bonds is 8. The fourth-order valence-corrected chi connectivity index (χ4v) is 4.02. The Hall–Kier alpha value is -1.23. The first-order chi connectivity index (χ1) is 11.2. The van der Waals surface area contributed by atoms with Crippen molar-refractivity contribution in [2.24, 2.45) is 11.1 Å². The van der Waals surface area contributed by atoms with Crippen LogP contribution in [-0.2, 0) is 20.0 Å². The van der Waals surface area contributed by atoms with Gasteiger partial charge in [0.2, 0.25) is 20.0 Å². The topological polar surface area (TPSA) is 110 Å². The summed E-state index contributed by atoms with van der Waals surface area (Å²) >= 11 is 0. The molecule has 10 heteroatoms. The quantitative estimate of drug-likeness (QED) is 0.694. The predicted molar refractivity (Wildman–Crippen MR) is 96.7 cm³/mol. The van der Waals surface area contributed by atoms with Crippen LogP contribution < -0.4 is 10.5 Å². The summed E-state index contributed by atoms with van der Waals surface area (Å²) in [4.78, 5) is -0.257. The van der Waals surface area contributed by atoms with E-state index >= 15 is 0 Å². The van der Waals surface area contributed by atoms with E-state index in [2.05, 4.69) is 4.72 Å². The standard InChI is InChI=1S/C15H26FN3O4S2/c1-11(2)24(20,21)18-14-7-6-12(8-13(14)16)25(22,23)19(5)10-15(3,4)9-17/h6-8,11,18H,9-10,17H2,1-5H3. The maximum Gasteiger partial charge on any atom is 0.242 e. The Kier molecular flexibility index (Phi) is 6.60. The van der Waals surface area contributed by atoms with Crippen molar-refractivity contribution < 1.29 is 21.2 Å². The van der Waals surface area contributed by atoms with Crippen molar-refractivity contribution in [1.29, 1.82) is 0 Å². The zero-order valence-electron chi connectivity index (χ0n) is 15.1. The molecule has 0 aliphatic heterocycles. The third-order valence-corrected chi connectivity index (χ3v) is 7.27. The van der Waals surface area contributed by atoms with Gasteiger partial charge in [0.15, 0.2) is 0 Å². The minimum absolute atomic E-state index is 0.162. The lowest BCUT2D eigenvalue weighted by atomic mass is 9.94. The van der Waals surface area contributed by atoms with Gasteiger partial charge in [-0.2, -0.15) is 0 Å². The monoisotopic (exact) mass is 395 g/mol. The lowest BCUT2D eigenvalue weighted by Crippen LogP contribution is -2.39. The number of halogens is 1. The fourth-order valence-electron chi connectivity index (χ4n) is 1.94. The van der Waals surface area contributed by atoms with Crippen LogP contribution in [0.15, 0.2) is 23.1 Å². The summed E-state index contributed by atoms with van der Waals surface area (Å²) in [5.74, 6) is -0.961. The van der Waals surface area contributed by atoms with E-state index in [-0.39, 0.29) is 23.7 Å². The van der Waals surface area contributed by atoms with Crippen LogP contribution in [0.1, 0.15) is 27.7 Å². The van der Waals surface area contributed by atoms with Gasteiger partial charge in [0.1, 0.15) is 5.82 Å². The highest BCUT2D eigenvalue weighted by molar-refractivity contribution is 7.93. The van der Waals surface area contributed by atoms with Gasteiger partial charge in [0.05, 0.1) is 15.8 Å². The second-order valence-electron chi connectivity index (χ2n) is 6.97. The maximum absolute atomic E-state index is 14.2. The first-order valence-corrected chi connectivity index (χ1v) is 10.7. The van der Waals surface area contributed by atoms with E-state index in [0.717, 1.165) is 16.4 Å². The summed E-state index contributed by atoms with van der Waals surface area (Å²) < 4.78 is 66.2. The highest BCUT2D eigenvalue weighted by Gasteiger charge is 2.28. The van der Waals surface area contributed by atoms with E-state index < -0.39 is 36.5 Å². The van der Waals surface area contributed by atoms with Crippen molar-refractivity contribution in [1.82, 2.24) is 4.31 Å². The molecular weight excluding hydrogens is 369 g/mol. The van der Waals surface area contributed by atoms with Crippen molar-refractivity contribution in [2.45, 2.75) is 37.8 Å². The van der Waals surface area contributed by atoms with Crippen LogP contribution in [0.5, 0.6) is 0 Å². The summed E-state index contributed by atoms with van der Waals surface area (Å²) in [6.45, 7) is 7.00. The largest absolute Gasteiger partial charge is 0.330 e. The van der Waals surface area contributed by atoms with Gasteiger partial charge in [-0.05, 0) is 44.0 Å². The molecule has 0 atom stereocenters. The number of hydrogen-bond acceptors (Lipinski definition) is 5. The molecule has 0 amide bonds. The number of nitrogens with zero attached hydrogens (tertiary/aromatic N) is 1. The first-order valence-electron chi connectivity index (χ1n) is 7.70. The highest BCUT2D eigenvalue weighted by atomic mass is 32.2. The highest BCUT2D eigenvalue weighted by Crippen LogP contribution is 2.25. The van der Waals surface area contributed by atoms with Crippen LogP contribution in [0.2, 0.25) is 0 Å². The Morgan fingerprint density at radius 2 is 1.80 bits per heavy atom. The van der Waals surface area contributed by atoms with Crippen LogP contribution in [0, 0.1) is 11.2 Å². The van der Waals surface area contributed by atoms with E-state index in [4.69, 9.17) is 5.73 Å². The third kappa shape index (κ3) is 5.37. The summed E-state index contributed by atoms with van der Waals surface area (Å²) in [6.07, 6.45) is 0. The Balaban J connectivity index is 3.14. The molecule has 0 fully saturated rings. The molecule has 0 radical (unpaired) electrons. The first kappa shape index (κ1) is 21.8. The zero-order chi connectivity index (χ0) is 19.6. The molecule has 0 heterocycles. The van der Waals surface area contributed by atoms with Gasteiger partial charge in [-0.1, -0.05) is 13.8 Å². The van der Waals surface area contributed by atoms with Gasteiger partial charge >= 0.3 is 0 Å². The minimum Gasteiger partial charge on any atom is -0.330 e. The lowest BCUT2D eigenvalue weighted by Gasteiger charge is -2.28. The van der Waals surface area contributed by atoms with Crippen LogP contribution in [0.3, 0.4) is 0 Å². The van der Waals surface area contributed by atoms with Crippen molar-refractivity contribution in [3.05, 3.63) is 24.0 Å². The number of sulfonamides is 2. The SMILES string of the molecule is CC(C)S(=O)(=O)Nc1ccc(S(=O)(=O)N(C)CC(C)(C)CN)cc1F. The molecule has 25 heavy (non-hydrogen) atoms. The molecule has 1 rings (SSSR count). The Morgan fingerprint density at radius 1 is 1.24 bits per heavy atom. The summed E-state index contributed by atoms with van der Waals surface area (Å²) in [5.41, 5.74) is 4.89. The predicted octanol–water partition coefficient (Wildman–Crippen LogP) is 1.58. The van der Waals surface area contributed by atoms with Gasteiger partial charge in [-0.3, -0.25) is 4.72 Å². The molecule has 7 nitrogen and oxygen atoms in total. The molecule has 0 unspecified atom stereocenters. The van der Waals surface area contributed by atoms with Crippen LogP contribution >= 0.6 is 0 Å². The summed E-state index contributed by atoms with van der Waals surface area (Å²) in [5, 5.41) is -0.750. The summed E-state index contributed by atoms with van der Waals surface area (Å²) in [7, 11) is -6.26. The molecule has 3 N–H and O–H groups in total. The lowest BCUT2D eigenvalue weighted by molar-refractivity contribution is 0.292. The van der Waals surface area contributed by atoms with E-state index in [1.807, 2.05) is 13.8 Å². The van der Waals surface area contributed by atoms with Crippen LogP contribution in [0.4, 0.5) is 10.1 Å². The van der Waals surface area contributed by atoms with E-state index in [1.54, 1.807) is 0 Å². The maximum atomic E-state index is 14.2. The molecule has 0 bridgehead atoms. The average Bonchev–Trinajstić information content (AvgIpc) is 2.48.